The molecule has 2 aromatic rings. The molecule has 0 aromatic heterocycles. The summed E-state index contributed by atoms with van der Waals surface area (Å²) in [7, 11) is 0. The lowest BCUT2D eigenvalue weighted by Crippen LogP contribution is -2.18. The van der Waals surface area contributed by atoms with Gasteiger partial charge in [-0.2, -0.15) is 0 Å². The smallest absolute Gasteiger partial charge is 0.250 e. The Morgan fingerprint density at radius 1 is 1.19 bits per heavy atom. The van der Waals surface area contributed by atoms with Gasteiger partial charge < -0.3 is 10.1 Å². The van der Waals surface area contributed by atoms with Gasteiger partial charge in [0.05, 0.1) is 12.3 Å². The number of nitrogens with one attached hydrogen (secondary N) is 1. The maximum Gasteiger partial charge on any atom is 0.250 e. The quantitative estimate of drug-likeness (QED) is 0.719. The Labute approximate surface area is 144 Å². The lowest BCUT2D eigenvalue weighted by atomic mass is 10.2. The number of halogens is 3. The zero-order valence-corrected chi connectivity index (χ0v) is 14.8. The predicted octanol–water partition coefficient (Wildman–Crippen LogP) is 5.02. The van der Waals surface area contributed by atoms with Gasteiger partial charge in [-0.05, 0) is 45.8 Å². The van der Waals surface area contributed by atoms with E-state index in [-0.39, 0.29) is 12.5 Å². The van der Waals surface area contributed by atoms with E-state index in [9.17, 15) is 4.79 Å². The fourth-order valence-corrected chi connectivity index (χ4v) is 2.98. The van der Waals surface area contributed by atoms with E-state index >= 15 is 0 Å². The average Bonchev–Trinajstić information content (AvgIpc) is 2.44. The Hall–Kier alpha value is -0.880. The number of amides is 1. The van der Waals surface area contributed by atoms with Crippen molar-refractivity contribution in [3.63, 3.8) is 0 Å². The Kier molecular flexibility index (Phi) is 6.23. The third-order valence-corrected chi connectivity index (χ3v) is 4.17. The molecule has 0 saturated carbocycles. The van der Waals surface area contributed by atoms with Gasteiger partial charge in [-0.1, -0.05) is 45.7 Å². The van der Waals surface area contributed by atoms with Gasteiger partial charge in [0.1, 0.15) is 6.61 Å². The average molecular weight is 434 g/mol. The van der Waals surface area contributed by atoms with E-state index < -0.39 is 0 Å². The second-order valence-electron chi connectivity index (χ2n) is 4.26. The summed E-state index contributed by atoms with van der Waals surface area (Å²) in [4.78, 5) is 11.8. The molecule has 0 saturated heterocycles. The van der Waals surface area contributed by atoms with Crippen LogP contribution in [0.1, 0.15) is 5.56 Å². The van der Waals surface area contributed by atoms with Gasteiger partial charge in [0, 0.05) is 14.0 Å². The predicted molar refractivity (Wildman–Crippen MR) is 91.6 cm³/mol. The first-order valence-electron chi connectivity index (χ1n) is 6.12. The minimum atomic E-state index is -0.218. The minimum Gasteiger partial charge on any atom is -0.367 e. The maximum absolute atomic E-state index is 11.8. The van der Waals surface area contributed by atoms with Gasteiger partial charge in [0.25, 0.3) is 0 Å². The van der Waals surface area contributed by atoms with Crippen LogP contribution >= 0.6 is 43.5 Å². The molecule has 0 fully saturated rings. The van der Waals surface area contributed by atoms with Crippen molar-refractivity contribution in [1.29, 1.82) is 0 Å². The molecule has 0 atom stereocenters. The molecule has 0 radical (unpaired) electrons. The molecule has 0 bridgehead atoms. The lowest BCUT2D eigenvalue weighted by molar-refractivity contribution is -0.121. The molecule has 6 heteroatoms. The van der Waals surface area contributed by atoms with Crippen molar-refractivity contribution >= 4 is 55.1 Å². The number of carbonyl (C=O) groups excluding carboxylic acids is 1. The number of hydrogen-bond acceptors (Lipinski definition) is 2. The Bertz CT molecular complexity index is 649. The van der Waals surface area contributed by atoms with Crippen molar-refractivity contribution in [3.8, 4) is 0 Å². The van der Waals surface area contributed by atoms with Crippen molar-refractivity contribution in [2.75, 3.05) is 11.9 Å². The van der Waals surface area contributed by atoms with Crippen LogP contribution in [-0.4, -0.2) is 12.5 Å². The molecule has 0 spiro atoms. The molecule has 1 N–H and O–H groups in total. The molecule has 0 aliphatic rings. The minimum absolute atomic E-state index is 0.0340. The number of anilines is 1. The molecular formula is C15H12Br2ClNO2. The molecule has 0 heterocycles. The van der Waals surface area contributed by atoms with Crippen LogP contribution in [0.25, 0.3) is 0 Å². The van der Waals surface area contributed by atoms with Crippen LogP contribution in [0, 0.1) is 0 Å². The van der Waals surface area contributed by atoms with Crippen LogP contribution in [0.15, 0.2) is 51.4 Å². The van der Waals surface area contributed by atoms with Crippen LogP contribution < -0.4 is 5.32 Å². The fraction of sp³-hybridized carbons (Fsp3) is 0.133. The third kappa shape index (κ3) is 5.11. The van der Waals surface area contributed by atoms with Crippen molar-refractivity contribution in [2.24, 2.45) is 0 Å². The number of hydrogen-bond donors (Lipinski definition) is 1. The molecule has 2 rings (SSSR count). The highest BCUT2D eigenvalue weighted by Gasteiger charge is 2.07. The molecule has 21 heavy (non-hydrogen) atoms. The van der Waals surface area contributed by atoms with E-state index in [4.69, 9.17) is 16.3 Å². The summed E-state index contributed by atoms with van der Waals surface area (Å²) in [5, 5.41) is 3.41. The van der Waals surface area contributed by atoms with Crippen LogP contribution in [0.2, 0.25) is 5.02 Å². The monoisotopic (exact) mass is 431 g/mol. The third-order valence-electron chi connectivity index (χ3n) is 2.65. The summed E-state index contributed by atoms with van der Waals surface area (Å²) in [6.45, 7) is 0.266. The zero-order chi connectivity index (χ0) is 15.2. The number of ether oxygens (including phenoxy) is 1. The van der Waals surface area contributed by atoms with E-state index in [1.807, 2.05) is 30.3 Å². The second-order valence-corrected chi connectivity index (χ2v) is 6.43. The molecule has 0 unspecified atom stereocenters. The molecular weight excluding hydrogens is 421 g/mol. The summed E-state index contributed by atoms with van der Waals surface area (Å²) >= 11 is 12.8. The van der Waals surface area contributed by atoms with E-state index in [1.165, 1.54) is 0 Å². The van der Waals surface area contributed by atoms with Gasteiger partial charge >= 0.3 is 0 Å². The number of carbonyl (C=O) groups is 1. The first-order chi connectivity index (χ1) is 10.1. The zero-order valence-electron chi connectivity index (χ0n) is 10.9. The van der Waals surface area contributed by atoms with Gasteiger partial charge in [-0.25, -0.2) is 0 Å². The summed E-state index contributed by atoms with van der Waals surface area (Å²) in [6, 6.07) is 12.9. The second kappa shape index (κ2) is 7.94. The normalized spacial score (nSPS) is 10.4. The SMILES string of the molecule is O=C(COCc1ccccc1Cl)Nc1ccc(Br)cc1Br. The molecule has 110 valence electrons. The Morgan fingerprint density at radius 3 is 2.67 bits per heavy atom. The van der Waals surface area contributed by atoms with Gasteiger partial charge in [0.2, 0.25) is 5.91 Å². The van der Waals surface area contributed by atoms with E-state index in [0.717, 1.165) is 14.5 Å². The lowest BCUT2D eigenvalue weighted by Gasteiger charge is -2.09. The van der Waals surface area contributed by atoms with Crippen molar-refractivity contribution in [2.45, 2.75) is 6.61 Å². The van der Waals surface area contributed by atoms with E-state index in [0.29, 0.717) is 17.3 Å². The van der Waals surface area contributed by atoms with Crippen LogP contribution in [0.3, 0.4) is 0 Å². The summed E-state index contributed by atoms with van der Waals surface area (Å²) in [5.74, 6) is -0.218. The molecule has 0 aliphatic carbocycles. The molecule has 1 amide bonds. The fourth-order valence-electron chi connectivity index (χ4n) is 1.65. The van der Waals surface area contributed by atoms with Gasteiger partial charge in [-0.3, -0.25) is 4.79 Å². The van der Waals surface area contributed by atoms with Crippen molar-refractivity contribution < 1.29 is 9.53 Å². The highest BCUT2D eigenvalue weighted by atomic mass is 79.9. The maximum atomic E-state index is 11.8. The highest BCUT2D eigenvalue weighted by molar-refractivity contribution is 9.11. The molecule has 2 aromatic carbocycles. The molecule has 0 aliphatic heterocycles. The summed E-state index contributed by atoms with van der Waals surface area (Å²) in [6.07, 6.45) is 0. The van der Waals surface area contributed by atoms with Crippen LogP contribution in [0.5, 0.6) is 0 Å². The Balaban J connectivity index is 1.84. The van der Waals surface area contributed by atoms with Gasteiger partial charge in [-0.15, -0.1) is 0 Å². The number of benzene rings is 2. The van der Waals surface area contributed by atoms with E-state index in [1.54, 1.807) is 12.1 Å². The topological polar surface area (TPSA) is 38.3 Å². The van der Waals surface area contributed by atoms with Crippen LogP contribution in [-0.2, 0) is 16.1 Å². The largest absolute Gasteiger partial charge is 0.367 e. The number of rotatable bonds is 5. The van der Waals surface area contributed by atoms with Crippen molar-refractivity contribution in [1.82, 2.24) is 0 Å². The highest BCUT2D eigenvalue weighted by Crippen LogP contribution is 2.26. The van der Waals surface area contributed by atoms with Crippen LogP contribution in [0.4, 0.5) is 5.69 Å². The summed E-state index contributed by atoms with van der Waals surface area (Å²) in [5.41, 5.74) is 1.56. The standard InChI is InChI=1S/C15H12Br2ClNO2/c16-11-5-6-14(12(17)7-11)19-15(20)9-21-8-10-3-1-2-4-13(10)18/h1-7H,8-9H2,(H,19,20). The van der Waals surface area contributed by atoms with Crippen molar-refractivity contribution in [3.05, 3.63) is 62.0 Å². The van der Waals surface area contributed by atoms with E-state index in [2.05, 4.69) is 37.2 Å². The first-order valence-corrected chi connectivity index (χ1v) is 8.08. The first kappa shape index (κ1) is 16.5. The molecule has 3 nitrogen and oxygen atoms in total. The summed E-state index contributed by atoms with van der Waals surface area (Å²) < 4.78 is 7.11. The Morgan fingerprint density at radius 2 is 1.95 bits per heavy atom. The van der Waals surface area contributed by atoms with Gasteiger partial charge in [0.15, 0.2) is 0 Å².